The lowest BCUT2D eigenvalue weighted by molar-refractivity contribution is -0.385. The number of thioether (sulfide) groups is 1. The van der Waals surface area contributed by atoms with Gasteiger partial charge in [0.2, 0.25) is 0 Å². The first kappa shape index (κ1) is 23.6. The Bertz CT molecular complexity index is 1150. The molecular formula is C20H15Cl2N3O6S. The van der Waals surface area contributed by atoms with Crippen molar-refractivity contribution < 1.29 is 24.0 Å². The summed E-state index contributed by atoms with van der Waals surface area (Å²) in [6.45, 7) is -0.105. The van der Waals surface area contributed by atoms with Crippen LogP contribution >= 0.6 is 35.0 Å². The van der Waals surface area contributed by atoms with Gasteiger partial charge in [0, 0.05) is 34.8 Å². The molecule has 1 aliphatic rings. The summed E-state index contributed by atoms with van der Waals surface area (Å²) in [5.74, 6) is -1.08. The highest BCUT2D eigenvalue weighted by atomic mass is 35.5. The van der Waals surface area contributed by atoms with Gasteiger partial charge in [0.25, 0.3) is 17.1 Å². The van der Waals surface area contributed by atoms with Gasteiger partial charge in [-0.2, -0.15) is 0 Å². The molecule has 0 bridgehead atoms. The van der Waals surface area contributed by atoms with Gasteiger partial charge in [-0.1, -0.05) is 29.3 Å². The molecule has 2 aromatic rings. The number of rotatable bonds is 7. The predicted molar refractivity (Wildman–Crippen MR) is 121 cm³/mol. The molecule has 0 radical (unpaired) electrons. The van der Waals surface area contributed by atoms with Crippen molar-refractivity contribution in [1.29, 1.82) is 0 Å². The molecule has 166 valence electrons. The lowest BCUT2D eigenvalue weighted by atomic mass is 10.1. The van der Waals surface area contributed by atoms with E-state index in [0.717, 1.165) is 22.7 Å². The maximum Gasteiger partial charge on any atom is 0.311 e. The molecule has 0 unspecified atom stereocenters. The first-order valence-corrected chi connectivity index (χ1v) is 10.6. The molecule has 1 N–H and O–H groups in total. The van der Waals surface area contributed by atoms with E-state index in [2.05, 4.69) is 5.32 Å². The molecule has 2 aromatic carbocycles. The van der Waals surface area contributed by atoms with E-state index in [9.17, 15) is 24.5 Å². The average molecular weight is 496 g/mol. The number of nitro groups is 1. The second kappa shape index (κ2) is 10.0. The standard InChI is InChI=1S/C20H15Cl2N3O6S/c1-31-16-5-3-12(8-15(16)25(29)30)18(26)23-6-7-24-19(27)17(32-20(24)28)9-11-2-4-13(21)10-14(11)22/h2-5,8-10H,6-7H2,1H3,(H,23,26)/b17-9-. The molecule has 0 spiro atoms. The Labute approximate surface area is 196 Å². The van der Waals surface area contributed by atoms with Crippen molar-refractivity contribution in [1.82, 2.24) is 10.2 Å². The number of nitro benzene ring substituents is 1. The summed E-state index contributed by atoms with van der Waals surface area (Å²) in [7, 11) is 1.29. The van der Waals surface area contributed by atoms with Gasteiger partial charge >= 0.3 is 5.69 Å². The number of imide groups is 1. The highest BCUT2D eigenvalue weighted by Gasteiger charge is 2.34. The van der Waals surface area contributed by atoms with Gasteiger partial charge < -0.3 is 10.1 Å². The van der Waals surface area contributed by atoms with Crippen molar-refractivity contribution in [3.63, 3.8) is 0 Å². The minimum absolute atomic E-state index is 0.0249. The van der Waals surface area contributed by atoms with Gasteiger partial charge in [0.15, 0.2) is 5.75 Å². The van der Waals surface area contributed by atoms with Gasteiger partial charge in [-0.3, -0.25) is 29.4 Å². The van der Waals surface area contributed by atoms with Gasteiger partial charge in [0.1, 0.15) is 0 Å². The maximum absolute atomic E-state index is 12.6. The normalized spacial score (nSPS) is 14.7. The Kier molecular flexibility index (Phi) is 7.39. The molecule has 1 saturated heterocycles. The number of hydrogen-bond donors (Lipinski definition) is 1. The summed E-state index contributed by atoms with van der Waals surface area (Å²) in [6.07, 6.45) is 1.50. The largest absolute Gasteiger partial charge is 0.490 e. The number of methoxy groups -OCH3 is 1. The van der Waals surface area contributed by atoms with Crippen molar-refractivity contribution >= 4 is 63.8 Å². The fraction of sp³-hybridized carbons (Fsp3) is 0.150. The van der Waals surface area contributed by atoms with Crippen LogP contribution in [0.4, 0.5) is 10.5 Å². The predicted octanol–water partition coefficient (Wildman–Crippen LogP) is 4.38. The van der Waals surface area contributed by atoms with Gasteiger partial charge in [0.05, 0.1) is 16.9 Å². The molecule has 9 nitrogen and oxygen atoms in total. The van der Waals surface area contributed by atoms with Crippen molar-refractivity contribution in [2.75, 3.05) is 20.2 Å². The number of nitrogens with one attached hydrogen (secondary N) is 1. The van der Waals surface area contributed by atoms with E-state index in [4.69, 9.17) is 27.9 Å². The molecule has 1 heterocycles. The third-order valence-electron chi connectivity index (χ3n) is 4.38. The van der Waals surface area contributed by atoms with E-state index in [1.807, 2.05) is 0 Å². The van der Waals surface area contributed by atoms with Gasteiger partial charge in [-0.05, 0) is 47.7 Å². The van der Waals surface area contributed by atoms with Gasteiger partial charge in [-0.25, -0.2) is 0 Å². The first-order chi connectivity index (χ1) is 15.2. The number of carbonyl (C=O) groups is 3. The van der Waals surface area contributed by atoms with E-state index in [-0.39, 0.29) is 35.0 Å². The second-order valence-electron chi connectivity index (χ2n) is 6.40. The van der Waals surface area contributed by atoms with Crippen LogP contribution in [-0.4, -0.2) is 47.1 Å². The number of ether oxygens (including phenoxy) is 1. The van der Waals surface area contributed by atoms with E-state index in [1.165, 1.54) is 31.4 Å². The Balaban J connectivity index is 1.64. The number of carbonyl (C=O) groups excluding carboxylic acids is 3. The SMILES string of the molecule is COc1ccc(C(=O)NCCN2C(=O)S/C(=C\c3ccc(Cl)cc3Cl)C2=O)cc1[N+](=O)[O-]. The summed E-state index contributed by atoms with van der Waals surface area (Å²) in [6, 6.07) is 8.55. The number of halogens is 2. The van der Waals surface area contributed by atoms with Crippen molar-refractivity contribution in [2.24, 2.45) is 0 Å². The summed E-state index contributed by atoms with van der Waals surface area (Å²) < 4.78 is 4.90. The molecule has 32 heavy (non-hydrogen) atoms. The van der Waals surface area contributed by atoms with Crippen molar-refractivity contribution in [3.05, 3.63) is 72.6 Å². The maximum atomic E-state index is 12.6. The van der Waals surface area contributed by atoms with E-state index in [0.29, 0.717) is 15.6 Å². The third-order valence-corrected chi connectivity index (χ3v) is 5.85. The average Bonchev–Trinajstić information content (AvgIpc) is 3.02. The number of hydrogen-bond acceptors (Lipinski definition) is 7. The van der Waals surface area contributed by atoms with Crippen LogP contribution < -0.4 is 10.1 Å². The second-order valence-corrected chi connectivity index (χ2v) is 8.24. The highest BCUT2D eigenvalue weighted by molar-refractivity contribution is 8.18. The molecular weight excluding hydrogens is 481 g/mol. The molecule has 1 fully saturated rings. The number of nitrogens with zero attached hydrogens (tertiary/aromatic N) is 2. The monoisotopic (exact) mass is 495 g/mol. The highest BCUT2D eigenvalue weighted by Crippen LogP contribution is 2.34. The van der Waals surface area contributed by atoms with Crippen LogP contribution in [0.1, 0.15) is 15.9 Å². The fourth-order valence-corrected chi connectivity index (χ4v) is 4.13. The van der Waals surface area contributed by atoms with Crippen LogP contribution in [0.3, 0.4) is 0 Å². The Morgan fingerprint density at radius 3 is 2.66 bits per heavy atom. The minimum atomic E-state index is -0.658. The smallest absolute Gasteiger partial charge is 0.311 e. The van der Waals surface area contributed by atoms with Crippen molar-refractivity contribution in [2.45, 2.75) is 0 Å². The third kappa shape index (κ3) is 5.21. The zero-order valence-corrected chi connectivity index (χ0v) is 18.8. The molecule has 3 rings (SSSR count). The molecule has 3 amide bonds. The molecule has 0 aromatic heterocycles. The molecule has 0 atom stereocenters. The van der Waals surface area contributed by atoms with E-state index < -0.39 is 22.0 Å². The fourth-order valence-electron chi connectivity index (χ4n) is 2.81. The lowest BCUT2D eigenvalue weighted by Gasteiger charge is -2.13. The van der Waals surface area contributed by atoms with Crippen LogP contribution in [0.25, 0.3) is 6.08 Å². The molecule has 12 heteroatoms. The van der Waals surface area contributed by atoms with Crippen molar-refractivity contribution in [3.8, 4) is 5.75 Å². The minimum Gasteiger partial charge on any atom is -0.490 e. The molecule has 1 aliphatic heterocycles. The number of benzene rings is 2. The lowest BCUT2D eigenvalue weighted by Crippen LogP contribution is -2.37. The van der Waals surface area contributed by atoms with Crippen LogP contribution in [0.5, 0.6) is 5.75 Å². The summed E-state index contributed by atoms with van der Waals surface area (Å²) in [4.78, 5) is 48.8. The number of amides is 3. The Hall–Kier alpha value is -3.08. The van der Waals surface area contributed by atoms with E-state index in [1.54, 1.807) is 12.1 Å². The zero-order valence-electron chi connectivity index (χ0n) is 16.5. The first-order valence-electron chi connectivity index (χ1n) is 9.02. The molecule has 0 aliphatic carbocycles. The summed E-state index contributed by atoms with van der Waals surface area (Å²) in [5, 5.41) is 13.9. The van der Waals surface area contributed by atoms with Crippen LogP contribution in [0, 0.1) is 10.1 Å². The summed E-state index contributed by atoms with van der Waals surface area (Å²) >= 11 is 12.7. The van der Waals surface area contributed by atoms with Crippen LogP contribution in [-0.2, 0) is 4.79 Å². The Morgan fingerprint density at radius 2 is 2.00 bits per heavy atom. The topological polar surface area (TPSA) is 119 Å². The zero-order chi connectivity index (χ0) is 23.4. The van der Waals surface area contributed by atoms with Crippen LogP contribution in [0.15, 0.2) is 41.3 Å². The van der Waals surface area contributed by atoms with Gasteiger partial charge in [-0.15, -0.1) is 0 Å². The van der Waals surface area contributed by atoms with E-state index >= 15 is 0 Å². The molecule has 0 saturated carbocycles. The quantitative estimate of drug-likeness (QED) is 0.343. The summed E-state index contributed by atoms with van der Waals surface area (Å²) in [5.41, 5.74) is 0.233. The Morgan fingerprint density at radius 1 is 1.25 bits per heavy atom. The van der Waals surface area contributed by atoms with Crippen LogP contribution in [0.2, 0.25) is 10.0 Å².